The molecule has 1 aliphatic rings. The topological polar surface area (TPSA) is 149 Å². The molecular weight excluding hydrogens is 398 g/mol. The van der Waals surface area contributed by atoms with Crippen molar-refractivity contribution >= 4 is 21.9 Å². The van der Waals surface area contributed by atoms with Gasteiger partial charge in [-0.2, -0.15) is 8.42 Å². The maximum Gasteiger partial charge on any atom is 0.333 e. The molecule has 2 aromatic rings. The second-order valence-electron chi connectivity index (χ2n) is 6.81. The molecule has 0 bridgehead atoms. The Hall–Kier alpha value is -2.78. The van der Waals surface area contributed by atoms with E-state index < -0.39 is 22.3 Å². The lowest BCUT2D eigenvalue weighted by Crippen LogP contribution is -2.24. The molecule has 0 aromatic carbocycles. The number of aromatic nitrogens is 3. The van der Waals surface area contributed by atoms with Gasteiger partial charge in [0.25, 0.3) is 0 Å². The van der Waals surface area contributed by atoms with Gasteiger partial charge in [-0.05, 0) is 18.9 Å². The fourth-order valence-corrected chi connectivity index (χ4v) is 3.68. The van der Waals surface area contributed by atoms with Gasteiger partial charge in [0.2, 0.25) is 0 Å². The maximum absolute atomic E-state index is 12.9. The number of carbonyl (C=O) groups is 1. The van der Waals surface area contributed by atoms with E-state index in [1.54, 1.807) is 23.0 Å². The molecule has 0 spiro atoms. The van der Waals surface area contributed by atoms with Crippen LogP contribution < -0.4 is 10.5 Å². The minimum atomic E-state index is -4.07. The van der Waals surface area contributed by atoms with Crippen LogP contribution in [0.5, 0.6) is 0 Å². The number of nitrogens with two attached hydrogens (primary N) is 1. The summed E-state index contributed by atoms with van der Waals surface area (Å²) in [6, 6.07) is 1.43. The van der Waals surface area contributed by atoms with Crippen molar-refractivity contribution in [3.63, 3.8) is 0 Å². The Morgan fingerprint density at radius 1 is 1.48 bits per heavy atom. The monoisotopic (exact) mass is 419 g/mol. The van der Waals surface area contributed by atoms with E-state index in [1.807, 2.05) is 0 Å². The first-order chi connectivity index (χ1) is 13.8. The lowest BCUT2D eigenvalue weighted by Gasteiger charge is -2.15. The van der Waals surface area contributed by atoms with E-state index in [-0.39, 0.29) is 24.0 Å². The molecule has 1 aliphatic carbocycles. The predicted octanol–water partition coefficient (Wildman–Crippen LogP) is -0.0862. The number of aliphatic hydroxyl groups excluding tert-OH is 1. The molecule has 0 unspecified atom stereocenters. The number of nitrogens with zero attached hydrogens (tertiary/aromatic N) is 3. The van der Waals surface area contributed by atoms with E-state index in [4.69, 9.17) is 11.6 Å². The second kappa shape index (κ2) is 8.71. The Balaban J connectivity index is 1.71. The molecule has 0 amide bonds. The SMILES string of the molecule is C#CCn1ccc(C(=O)c2cncnc2N[C@@H]2C[C@H](COS(N)(=O)=O)[C@@H](O)C2)c1. The first kappa shape index (κ1) is 20.9. The van der Waals surface area contributed by atoms with Crippen LogP contribution in [-0.4, -0.2) is 52.6 Å². The van der Waals surface area contributed by atoms with Crippen LogP contribution in [0.3, 0.4) is 0 Å². The van der Waals surface area contributed by atoms with Crippen LogP contribution in [-0.2, 0) is 21.0 Å². The third kappa shape index (κ3) is 5.39. The van der Waals surface area contributed by atoms with E-state index in [9.17, 15) is 18.3 Å². The zero-order valence-electron chi connectivity index (χ0n) is 15.4. The predicted molar refractivity (Wildman–Crippen MR) is 104 cm³/mol. The van der Waals surface area contributed by atoms with Gasteiger partial charge >= 0.3 is 10.3 Å². The first-order valence-corrected chi connectivity index (χ1v) is 10.3. The summed E-state index contributed by atoms with van der Waals surface area (Å²) in [4.78, 5) is 21.0. The highest BCUT2D eigenvalue weighted by Gasteiger charge is 2.34. The molecule has 0 aliphatic heterocycles. The summed E-state index contributed by atoms with van der Waals surface area (Å²) in [6.07, 6.45) is 11.4. The van der Waals surface area contributed by atoms with Crippen LogP contribution in [0.4, 0.5) is 5.82 Å². The summed E-state index contributed by atoms with van der Waals surface area (Å²) < 4.78 is 28.2. The molecule has 3 atom stereocenters. The number of hydrogen-bond donors (Lipinski definition) is 3. The van der Waals surface area contributed by atoms with E-state index in [1.165, 1.54) is 12.5 Å². The van der Waals surface area contributed by atoms with E-state index >= 15 is 0 Å². The molecule has 154 valence electrons. The molecule has 10 nitrogen and oxygen atoms in total. The average Bonchev–Trinajstić information content (AvgIpc) is 3.26. The molecule has 1 fully saturated rings. The molecule has 2 heterocycles. The highest BCUT2D eigenvalue weighted by Crippen LogP contribution is 2.30. The van der Waals surface area contributed by atoms with Gasteiger partial charge in [0.15, 0.2) is 5.78 Å². The minimum Gasteiger partial charge on any atom is -0.393 e. The number of aliphatic hydroxyl groups is 1. The zero-order chi connectivity index (χ0) is 21.0. The smallest absolute Gasteiger partial charge is 0.333 e. The molecule has 11 heteroatoms. The van der Waals surface area contributed by atoms with Crippen LogP contribution >= 0.6 is 0 Å². The minimum absolute atomic E-state index is 0.212. The highest BCUT2D eigenvalue weighted by molar-refractivity contribution is 7.84. The Morgan fingerprint density at radius 2 is 2.28 bits per heavy atom. The lowest BCUT2D eigenvalue weighted by molar-refractivity contribution is 0.101. The number of terminal acetylenes is 1. The van der Waals surface area contributed by atoms with Gasteiger partial charge < -0.3 is 15.0 Å². The molecule has 1 saturated carbocycles. The summed E-state index contributed by atoms with van der Waals surface area (Å²) in [5, 5.41) is 18.1. The van der Waals surface area contributed by atoms with Crippen LogP contribution in [0.2, 0.25) is 0 Å². The van der Waals surface area contributed by atoms with Gasteiger partial charge in [-0.3, -0.25) is 8.98 Å². The summed E-state index contributed by atoms with van der Waals surface area (Å²) in [5.74, 6) is 2.15. The fraction of sp³-hybridized carbons (Fsp3) is 0.389. The van der Waals surface area contributed by atoms with Crippen LogP contribution in [0.1, 0.15) is 28.8 Å². The van der Waals surface area contributed by atoms with E-state index in [2.05, 4.69) is 25.4 Å². The molecule has 2 aromatic heterocycles. The van der Waals surface area contributed by atoms with Gasteiger partial charge in [0, 0.05) is 36.1 Å². The van der Waals surface area contributed by atoms with Crippen LogP contribution in [0.15, 0.2) is 31.0 Å². The number of ketones is 1. The summed E-state index contributed by atoms with van der Waals surface area (Å²) in [6.45, 7) is 0.141. The third-order valence-corrected chi connectivity index (χ3v) is 5.15. The Labute approximate surface area is 168 Å². The van der Waals surface area contributed by atoms with Crippen molar-refractivity contribution in [3.8, 4) is 12.3 Å². The van der Waals surface area contributed by atoms with E-state index in [0.29, 0.717) is 30.8 Å². The molecule has 4 N–H and O–H groups in total. The van der Waals surface area contributed by atoms with Crippen LogP contribution in [0.25, 0.3) is 0 Å². The van der Waals surface area contributed by atoms with E-state index in [0.717, 1.165) is 0 Å². The summed E-state index contributed by atoms with van der Waals surface area (Å²) in [5.41, 5.74) is 0.730. The maximum atomic E-state index is 12.9. The van der Waals surface area contributed by atoms with Crippen molar-refractivity contribution in [2.75, 3.05) is 11.9 Å². The Kier molecular flexibility index (Phi) is 6.29. The molecule has 0 saturated heterocycles. The Morgan fingerprint density at radius 3 is 3.00 bits per heavy atom. The van der Waals surface area contributed by atoms with Crippen LogP contribution in [0, 0.1) is 18.3 Å². The quantitative estimate of drug-likeness (QED) is 0.397. The van der Waals surface area contributed by atoms with Crippen molar-refractivity contribution in [1.29, 1.82) is 0 Å². The molecule has 3 rings (SSSR count). The summed E-state index contributed by atoms with van der Waals surface area (Å²) in [7, 11) is -4.07. The standard InChI is InChI=1S/C18H21N5O5S/c1-2-4-23-5-3-12(9-23)17(25)15-8-20-11-21-18(15)22-14-6-13(16(24)7-14)10-28-29(19,26)27/h1,3,5,8-9,11,13-14,16,24H,4,6-7,10H2,(H2,19,26,27)(H,20,21,22)/t13-,14-,16+/m1/s1. The van der Waals surface area contributed by atoms with Crippen molar-refractivity contribution in [2.24, 2.45) is 11.1 Å². The second-order valence-corrected chi connectivity index (χ2v) is 8.03. The number of carbonyl (C=O) groups excluding carboxylic acids is 1. The van der Waals surface area contributed by atoms with Gasteiger partial charge in [0.05, 0.1) is 24.8 Å². The molecular formula is C18H21N5O5S. The Bertz CT molecular complexity index is 1030. The lowest BCUT2D eigenvalue weighted by atomic mass is 10.1. The van der Waals surface area contributed by atoms with Gasteiger partial charge in [0.1, 0.15) is 12.1 Å². The van der Waals surface area contributed by atoms with Crippen molar-refractivity contribution in [1.82, 2.24) is 14.5 Å². The fourth-order valence-electron chi connectivity index (χ4n) is 3.32. The number of nitrogens with one attached hydrogen (secondary N) is 1. The normalized spacial score (nSPS) is 21.6. The number of anilines is 1. The van der Waals surface area contributed by atoms with Crippen molar-refractivity contribution < 1.29 is 22.5 Å². The van der Waals surface area contributed by atoms with Crippen molar-refractivity contribution in [3.05, 3.63) is 42.1 Å². The molecule has 0 radical (unpaired) electrons. The number of hydrogen-bond acceptors (Lipinski definition) is 8. The van der Waals surface area contributed by atoms with Crippen molar-refractivity contribution in [2.45, 2.75) is 31.5 Å². The number of rotatable bonds is 8. The average molecular weight is 419 g/mol. The summed E-state index contributed by atoms with van der Waals surface area (Å²) >= 11 is 0. The highest BCUT2D eigenvalue weighted by atomic mass is 32.2. The first-order valence-electron chi connectivity index (χ1n) is 8.82. The van der Waals surface area contributed by atoms with Gasteiger partial charge in [-0.15, -0.1) is 6.42 Å². The molecule has 29 heavy (non-hydrogen) atoms. The van der Waals surface area contributed by atoms with Gasteiger partial charge in [-0.1, -0.05) is 5.92 Å². The largest absolute Gasteiger partial charge is 0.393 e. The third-order valence-electron chi connectivity index (χ3n) is 4.69. The zero-order valence-corrected chi connectivity index (χ0v) is 16.2. The van der Waals surface area contributed by atoms with Gasteiger partial charge in [-0.25, -0.2) is 15.1 Å².